The average Bonchev–Trinajstić information content (AvgIpc) is 3.00. The van der Waals surface area contributed by atoms with Gasteiger partial charge >= 0.3 is 0 Å². The summed E-state index contributed by atoms with van der Waals surface area (Å²) in [6.45, 7) is 7.27. The second-order valence-electron chi connectivity index (χ2n) is 10.0. The van der Waals surface area contributed by atoms with Crippen LogP contribution in [0.4, 0.5) is 10.1 Å². The number of nitrogens with zero attached hydrogens (tertiary/aromatic N) is 2. The third kappa shape index (κ3) is 8.70. The van der Waals surface area contributed by atoms with Gasteiger partial charge < -0.3 is 19.7 Å². The van der Waals surface area contributed by atoms with Crippen molar-refractivity contribution in [2.24, 2.45) is 0 Å². The molecule has 0 aliphatic rings. The predicted molar refractivity (Wildman–Crippen MR) is 164 cm³/mol. The summed E-state index contributed by atoms with van der Waals surface area (Å²) in [5, 5.41) is 2.94. The quantitative estimate of drug-likeness (QED) is 0.254. The first-order valence-electron chi connectivity index (χ1n) is 14.3. The minimum atomic E-state index is -4.29. The zero-order valence-corrected chi connectivity index (χ0v) is 26.1. The molecule has 11 heteroatoms. The van der Waals surface area contributed by atoms with E-state index in [1.54, 1.807) is 38.3 Å². The van der Waals surface area contributed by atoms with Crippen molar-refractivity contribution in [1.29, 1.82) is 0 Å². The smallest absolute Gasteiger partial charge is 0.264 e. The number of anilines is 1. The molecular weight excluding hydrogens is 573 g/mol. The van der Waals surface area contributed by atoms with Crippen LogP contribution in [0, 0.1) is 5.82 Å². The molecule has 0 aliphatic carbocycles. The van der Waals surface area contributed by atoms with Crippen molar-refractivity contribution in [3.05, 3.63) is 84.2 Å². The van der Waals surface area contributed by atoms with E-state index in [0.29, 0.717) is 30.9 Å². The predicted octanol–water partition coefficient (Wildman–Crippen LogP) is 5.15. The molecule has 0 bridgehead atoms. The van der Waals surface area contributed by atoms with E-state index in [1.165, 1.54) is 41.3 Å². The lowest BCUT2D eigenvalue weighted by atomic mass is 10.1. The number of carbonyl (C=O) groups is 2. The second kappa shape index (κ2) is 15.4. The number of hydrogen-bond acceptors (Lipinski definition) is 6. The Morgan fingerprint density at radius 2 is 1.49 bits per heavy atom. The molecule has 3 aromatic carbocycles. The van der Waals surface area contributed by atoms with Crippen LogP contribution in [0.15, 0.2) is 77.7 Å². The monoisotopic (exact) mass is 613 g/mol. The Labute approximate surface area is 253 Å². The van der Waals surface area contributed by atoms with Crippen LogP contribution in [0.5, 0.6) is 11.5 Å². The van der Waals surface area contributed by atoms with E-state index in [4.69, 9.17) is 9.47 Å². The van der Waals surface area contributed by atoms with Gasteiger partial charge in [0.2, 0.25) is 11.8 Å². The Morgan fingerprint density at radius 1 is 0.884 bits per heavy atom. The molecule has 0 spiro atoms. The Balaban J connectivity index is 2.04. The molecular formula is C32H40FN3O6S. The first-order valence-corrected chi connectivity index (χ1v) is 15.7. The average molecular weight is 614 g/mol. The van der Waals surface area contributed by atoms with Crippen molar-refractivity contribution in [2.45, 2.75) is 64.1 Å². The molecule has 43 heavy (non-hydrogen) atoms. The van der Waals surface area contributed by atoms with Crippen molar-refractivity contribution in [3.8, 4) is 11.5 Å². The third-order valence-electron chi connectivity index (χ3n) is 7.02. The molecule has 3 aromatic rings. The van der Waals surface area contributed by atoms with E-state index in [9.17, 15) is 22.4 Å². The van der Waals surface area contributed by atoms with E-state index in [2.05, 4.69) is 5.32 Å². The zero-order chi connectivity index (χ0) is 31.6. The number of sulfonamides is 1. The fourth-order valence-electron chi connectivity index (χ4n) is 4.43. The zero-order valence-electron chi connectivity index (χ0n) is 25.2. The highest BCUT2D eigenvalue weighted by atomic mass is 32.2. The number of hydrogen-bond donors (Lipinski definition) is 1. The van der Waals surface area contributed by atoms with Gasteiger partial charge in [0.1, 0.15) is 29.9 Å². The van der Waals surface area contributed by atoms with Gasteiger partial charge in [0.05, 0.1) is 24.3 Å². The van der Waals surface area contributed by atoms with E-state index in [-0.39, 0.29) is 29.1 Å². The standard InChI is InChI=1S/C32H40FN3O6S/c1-6-23(4)34-32(38)30(7-2)35(21-24-9-15-27(41-5)16-10-24)31(37)22-36(26-13-11-25(33)12-14-26)43(39,40)29-19-17-28(18-20-29)42-8-3/h9-20,23,30H,6-8,21-22H2,1-5H3,(H,34,38)/t23-,30-/m0/s1. The highest BCUT2D eigenvalue weighted by Gasteiger charge is 2.34. The maximum atomic E-state index is 14.1. The molecule has 0 heterocycles. The number of carbonyl (C=O) groups excluding carboxylic acids is 2. The van der Waals surface area contributed by atoms with Crippen molar-refractivity contribution in [1.82, 2.24) is 10.2 Å². The number of nitrogens with one attached hydrogen (secondary N) is 1. The van der Waals surface area contributed by atoms with Gasteiger partial charge in [-0.15, -0.1) is 0 Å². The normalized spacial score (nSPS) is 12.6. The van der Waals surface area contributed by atoms with E-state index < -0.39 is 34.3 Å². The Hall–Kier alpha value is -4.12. The van der Waals surface area contributed by atoms with E-state index >= 15 is 0 Å². The van der Waals surface area contributed by atoms with Crippen LogP contribution in [0.2, 0.25) is 0 Å². The molecule has 0 saturated carbocycles. The van der Waals surface area contributed by atoms with Crippen LogP contribution in [0.1, 0.15) is 46.1 Å². The van der Waals surface area contributed by atoms with Crippen LogP contribution < -0.4 is 19.1 Å². The summed E-state index contributed by atoms with van der Waals surface area (Å²) in [4.78, 5) is 28.8. The lowest BCUT2D eigenvalue weighted by Crippen LogP contribution is -2.53. The van der Waals surface area contributed by atoms with Crippen molar-refractivity contribution >= 4 is 27.5 Å². The minimum Gasteiger partial charge on any atom is -0.497 e. The van der Waals surface area contributed by atoms with Gasteiger partial charge in [0, 0.05) is 12.6 Å². The number of amides is 2. The van der Waals surface area contributed by atoms with Crippen molar-refractivity contribution in [2.75, 3.05) is 24.6 Å². The van der Waals surface area contributed by atoms with Crippen molar-refractivity contribution < 1.29 is 31.9 Å². The Morgan fingerprint density at radius 3 is 2.02 bits per heavy atom. The topological polar surface area (TPSA) is 105 Å². The highest BCUT2D eigenvalue weighted by Crippen LogP contribution is 2.27. The SMILES string of the molecule is CCOc1ccc(S(=O)(=O)N(CC(=O)N(Cc2ccc(OC)cc2)[C@@H](CC)C(=O)N[C@@H](C)CC)c2ccc(F)cc2)cc1. The van der Waals surface area contributed by atoms with Crippen LogP contribution >= 0.6 is 0 Å². The molecule has 9 nitrogen and oxygen atoms in total. The number of benzene rings is 3. The fourth-order valence-corrected chi connectivity index (χ4v) is 5.84. The Bertz CT molecular complexity index is 1450. The molecule has 0 aliphatic heterocycles. The second-order valence-corrected chi connectivity index (χ2v) is 11.9. The lowest BCUT2D eigenvalue weighted by Gasteiger charge is -2.33. The molecule has 2 amide bonds. The molecule has 0 saturated heterocycles. The number of ether oxygens (including phenoxy) is 2. The number of methoxy groups -OCH3 is 1. The molecule has 0 unspecified atom stereocenters. The van der Waals surface area contributed by atoms with Crippen LogP contribution in [-0.2, 0) is 26.2 Å². The first kappa shape index (κ1) is 33.4. The molecule has 0 aromatic heterocycles. The molecule has 3 rings (SSSR count). The van der Waals surface area contributed by atoms with Gasteiger partial charge in [-0.3, -0.25) is 13.9 Å². The third-order valence-corrected chi connectivity index (χ3v) is 8.80. The van der Waals surface area contributed by atoms with Gasteiger partial charge in [-0.2, -0.15) is 0 Å². The summed E-state index contributed by atoms with van der Waals surface area (Å²) < 4.78 is 53.4. The summed E-state index contributed by atoms with van der Waals surface area (Å²) in [6, 6.07) is 16.8. The lowest BCUT2D eigenvalue weighted by molar-refractivity contribution is -0.140. The summed E-state index contributed by atoms with van der Waals surface area (Å²) in [5.41, 5.74) is 0.830. The van der Waals surface area contributed by atoms with Crippen LogP contribution in [-0.4, -0.2) is 57.5 Å². The van der Waals surface area contributed by atoms with Crippen molar-refractivity contribution in [3.63, 3.8) is 0 Å². The van der Waals surface area contributed by atoms with Crippen LogP contribution in [0.3, 0.4) is 0 Å². The molecule has 0 radical (unpaired) electrons. The summed E-state index contributed by atoms with van der Waals surface area (Å²) in [5.74, 6) is -0.355. The van der Waals surface area contributed by atoms with E-state index in [0.717, 1.165) is 22.0 Å². The molecule has 0 fully saturated rings. The van der Waals surface area contributed by atoms with Gasteiger partial charge in [-0.05, 0) is 92.9 Å². The molecule has 232 valence electrons. The Kier molecular flexibility index (Phi) is 11.9. The van der Waals surface area contributed by atoms with Gasteiger partial charge in [0.25, 0.3) is 10.0 Å². The van der Waals surface area contributed by atoms with Gasteiger partial charge in [0.15, 0.2) is 0 Å². The summed E-state index contributed by atoms with van der Waals surface area (Å²) >= 11 is 0. The van der Waals surface area contributed by atoms with E-state index in [1.807, 2.05) is 20.8 Å². The fraction of sp³-hybridized carbons (Fsp3) is 0.375. The maximum Gasteiger partial charge on any atom is 0.264 e. The summed E-state index contributed by atoms with van der Waals surface area (Å²) in [6.07, 6.45) is 1.000. The molecule has 2 atom stereocenters. The van der Waals surface area contributed by atoms with Gasteiger partial charge in [-0.1, -0.05) is 26.0 Å². The number of rotatable bonds is 15. The van der Waals surface area contributed by atoms with Gasteiger partial charge in [-0.25, -0.2) is 12.8 Å². The van der Waals surface area contributed by atoms with Crippen LogP contribution in [0.25, 0.3) is 0 Å². The maximum absolute atomic E-state index is 14.1. The first-order chi connectivity index (χ1) is 20.5. The minimum absolute atomic E-state index is 0.0512. The highest BCUT2D eigenvalue weighted by molar-refractivity contribution is 7.92. The summed E-state index contributed by atoms with van der Waals surface area (Å²) in [7, 11) is -2.75. The number of halogens is 1. The largest absolute Gasteiger partial charge is 0.497 e. The molecule has 1 N–H and O–H groups in total.